The zero-order valence-electron chi connectivity index (χ0n) is 19.8. The SMILES string of the molecule is COc1ccc(C(CNC(=O)c2ccc(S(=O)(=O)c3ccc(Br)cc3)o2)c2c[nH]c3ccccc23)cc1. The van der Waals surface area contributed by atoms with Gasteiger partial charge in [-0.3, -0.25) is 4.79 Å². The van der Waals surface area contributed by atoms with Gasteiger partial charge in [-0.2, -0.15) is 0 Å². The van der Waals surface area contributed by atoms with Crippen molar-refractivity contribution >= 4 is 42.6 Å². The summed E-state index contributed by atoms with van der Waals surface area (Å²) in [5.41, 5.74) is 3.01. The summed E-state index contributed by atoms with van der Waals surface area (Å²) in [5, 5.41) is 3.68. The molecular weight excluding hydrogens is 556 g/mol. The molecule has 1 atom stereocenters. The molecule has 3 aromatic carbocycles. The number of sulfone groups is 1. The maximum atomic E-state index is 13.0. The number of amides is 1. The molecule has 0 aliphatic heterocycles. The number of fused-ring (bicyclic) bond motifs is 1. The Kier molecular flexibility index (Phi) is 6.90. The number of aromatic amines is 1. The highest BCUT2D eigenvalue weighted by molar-refractivity contribution is 9.10. The number of hydrogen-bond donors (Lipinski definition) is 2. The Balaban J connectivity index is 1.39. The number of carbonyl (C=O) groups excluding carboxylic acids is 1. The van der Waals surface area contributed by atoms with Gasteiger partial charge in [-0.05, 0) is 65.7 Å². The summed E-state index contributed by atoms with van der Waals surface area (Å²) >= 11 is 3.29. The molecular formula is C28H23BrN2O5S. The van der Waals surface area contributed by atoms with Gasteiger partial charge in [0.1, 0.15) is 5.75 Å². The average molecular weight is 579 g/mol. The molecule has 2 heterocycles. The molecule has 0 radical (unpaired) electrons. The largest absolute Gasteiger partial charge is 0.497 e. The Morgan fingerprint density at radius 2 is 1.73 bits per heavy atom. The lowest BCUT2D eigenvalue weighted by atomic mass is 9.90. The van der Waals surface area contributed by atoms with E-state index in [-0.39, 0.29) is 28.2 Å². The molecule has 0 aliphatic carbocycles. The van der Waals surface area contributed by atoms with Crippen LogP contribution in [0.1, 0.15) is 27.6 Å². The lowest BCUT2D eigenvalue weighted by Crippen LogP contribution is -2.28. The fourth-order valence-electron chi connectivity index (χ4n) is 4.22. The fourth-order valence-corrected chi connectivity index (χ4v) is 5.66. The maximum Gasteiger partial charge on any atom is 0.287 e. The summed E-state index contributed by atoms with van der Waals surface area (Å²) < 4.78 is 37.4. The Labute approximate surface area is 222 Å². The number of methoxy groups -OCH3 is 1. The number of ether oxygens (including phenoxy) is 1. The van der Waals surface area contributed by atoms with Crippen molar-refractivity contribution in [2.75, 3.05) is 13.7 Å². The van der Waals surface area contributed by atoms with E-state index in [1.807, 2.05) is 54.7 Å². The smallest absolute Gasteiger partial charge is 0.287 e. The van der Waals surface area contributed by atoms with Crippen molar-refractivity contribution in [3.8, 4) is 5.75 Å². The molecule has 9 heteroatoms. The summed E-state index contributed by atoms with van der Waals surface area (Å²) in [7, 11) is -2.28. The summed E-state index contributed by atoms with van der Waals surface area (Å²) in [4.78, 5) is 16.4. The number of benzene rings is 3. The normalized spacial score (nSPS) is 12.4. The van der Waals surface area contributed by atoms with Crippen LogP contribution in [-0.4, -0.2) is 33.0 Å². The van der Waals surface area contributed by atoms with E-state index in [0.29, 0.717) is 0 Å². The Bertz CT molecular complexity index is 1660. The van der Waals surface area contributed by atoms with Gasteiger partial charge in [0.05, 0.1) is 12.0 Å². The van der Waals surface area contributed by atoms with E-state index in [1.165, 1.54) is 24.3 Å². The lowest BCUT2D eigenvalue weighted by molar-refractivity contribution is 0.0919. The van der Waals surface area contributed by atoms with E-state index >= 15 is 0 Å². The minimum atomic E-state index is -3.89. The van der Waals surface area contributed by atoms with Crippen molar-refractivity contribution in [3.05, 3.63) is 112 Å². The van der Waals surface area contributed by atoms with Gasteiger partial charge in [0.15, 0.2) is 5.76 Å². The minimum Gasteiger partial charge on any atom is -0.497 e. The van der Waals surface area contributed by atoms with E-state index in [1.54, 1.807) is 19.2 Å². The highest BCUT2D eigenvalue weighted by Crippen LogP contribution is 2.32. The van der Waals surface area contributed by atoms with Crippen LogP contribution in [0, 0.1) is 0 Å². The van der Waals surface area contributed by atoms with Gasteiger partial charge in [0.2, 0.25) is 14.9 Å². The lowest BCUT2D eigenvalue weighted by Gasteiger charge is -2.18. The van der Waals surface area contributed by atoms with Crippen molar-refractivity contribution in [1.82, 2.24) is 10.3 Å². The van der Waals surface area contributed by atoms with Gasteiger partial charge in [-0.1, -0.05) is 46.3 Å². The zero-order chi connectivity index (χ0) is 26.0. The maximum absolute atomic E-state index is 13.0. The second-order valence-corrected chi connectivity index (χ2v) is 11.2. The van der Waals surface area contributed by atoms with Crippen molar-refractivity contribution < 1.29 is 22.4 Å². The van der Waals surface area contributed by atoms with E-state index in [4.69, 9.17) is 9.15 Å². The Hall–Kier alpha value is -3.82. The standard InChI is InChI=1S/C28H23BrN2O5S/c1-35-20-10-6-18(7-11-20)23(24-17-30-25-5-3-2-4-22(24)25)16-31-28(32)26-14-15-27(36-26)37(33,34)21-12-8-19(29)9-13-21/h2-15,17,23,30H,16H2,1H3,(H,31,32). The number of halogens is 1. The topological polar surface area (TPSA) is 101 Å². The molecule has 2 N–H and O–H groups in total. The Morgan fingerprint density at radius 3 is 2.46 bits per heavy atom. The van der Waals surface area contributed by atoms with Gasteiger partial charge in [0, 0.05) is 34.0 Å². The van der Waals surface area contributed by atoms with Crippen LogP contribution in [0.2, 0.25) is 0 Å². The number of para-hydroxylation sites is 1. The molecule has 1 amide bonds. The summed E-state index contributed by atoms with van der Waals surface area (Å²) in [6, 6.07) is 24.5. The van der Waals surface area contributed by atoms with E-state index in [9.17, 15) is 13.2 Å². The third-order valence-corrected chi connectivity index (χ3v) is 8.35. The number of rotatable bonds is 8. The van der Waals surface area contributed by atoms with Crippen molar-refractivity contribution in [2.45, 2.75) is 15.9 Å². The predicted octanol–water partition coefficient (Wildman–Crippen LogP) is 5.93. The van der Waals surface area contributed by atoms with Crippen LogP contribution in [0.15, 0.2) is 110 Å². The molecule has 1 unspecified atom stereocenters. The molecule has 37 heavy (non-hydrogen) atoms. The Morgan fingerprint density at radius 1 is 1.00 bits per heavy atom. The molecule has 7 nitrogen and oxygen atoms in total. The molecule has 5 aromatic rings. The van der Waals surface area contributed by atoms with Crippen molar-refractivity contribution in [1.29, 1.82) is 0 Å². The number of hydrogen-bond acceptors (Lipinski definition) is 5. The molecule has 188 valence electrons. The molecule has 0 aliphatic rings. The quantitative estimate of drug-likeness (QED) is 0.238. The number of aromatic nitrogens is 1. The van der Waals surface area contributed by atoms with E-state index < -0.39 is 15.7 Å². The first kappa shape index (κ1) is 24.9. The van der Waals surface area contributed by atoms with Crippen LogP contribution >= 0.6 is 15.9 Å². The van der Waals surface area contributed by atoms with Gasteiger partial charge in [0.25, 0.3) is 5.91 Å². The van der Waals surface area contributed by atoms with Crippen LogP contribution < -0.4 is 10.1 Å². The number of nitrogens with one attached hydrogen (secondary N) is 2. The number of carbonyl (C=O) groups is 1. The van der Waals surface area contributed by atoms with Gasteiger partial charge in [-0.25, -0.2) is 8.42 Å². The van der Waals surface area contributed by atoms with Crippen LogP contribution in [0.5, 0.6) is 5.75 Å². The fraction of sp³-hybridized carbons (Fsp3) is 0.107. The second kappa shape index (κ2) is 10.3. The van der Waals surface area contributed by atoms with Crippen molar-refractivity contribution in [3.63, 3.8) is 0 Å². The monoisotopic (exact) mass is 578 g/mol. The summed E-state index contributed by atoms with van der Waals surface area (Å²) in [6.45, 7) is 0.266. The molecule has 2 aromatic heterocycles. The molecule has 5 rings (SSSR count). The van der Waals surface area contributed by atoms with E-state index in [2.05, 4.69) is 26.2 Å². The summed E-state index contributed by atoms with van der Waals surface area (Å²) in [6.07, 6.45) is 1.95. The van der Waals surface area contributed by atoms with E-state index in [0.717, 1.165) is 32.3 Å². The first-order valence-electron chi connectivity index (χ1n) is 11.5. The molecule has 0 fully saturated rings. The van der Waals surface area contributed by atoms with Crippen molar-refractivity contribution in [2.24, 2.45) is 0 Å². The van der Waals surface area contributed by atoms with Crippen LogP contribution in [0.25, 0.3) is 10.9 Å². The molecule has 0 bridgehead atoms. The third kappa shape index (κ3) is 5.05. The molecule has 0 saturated heterocycles. The van der Waals surface area contributed by atoms with Crippen LogP contribution in [-0.2, 0) is 9.84 Å². The van der Waals surface area contributed by atoms with Gasteiger partial charge in [-0.15, -0.1) is 0 Å². The third-order valence-electron chi connectivity index (χ3n) is 6.18. The zero-order valence-corrected chi connectivity index (χ0v) is 22.2. The molecule has 0 spiro atoms. The highest BCUT2D eigenvalue weighted by atomic mass is 79.9. The number of furan rings is 1. The second-order valence-electron chi connectivity index (χ2n) is 8.40. The average Bonchev–Trinajstić information content (AvgIpc) is 3.58. The highest BCUT2D eigenvalue weighted by Gasteiger charge is 2.25. The first-order chi connectivity index (χ1) is 17.9. The van der Waals surface area contributed by atoms with Crippen LogP contribution in [0.4, 0.5) is 0 Å². The first-order valence-corrected chi connectivity index (χ1v) is 13.7. The number of H-pyrrole nitrogens is 1. The van der Waals surface area contributed by atoms with Gasteiger partial charge < -0.3 is 19.5 Å². The predicted molar refractivity (Wildman–Crippen MR) is 144 cm³/mol. The minimum absolute atomic E-state index is 0.0795. The summed E-state index contributed by atoms with van der Waals surface area (Å²) in [5.74, 6) is -0.0220. The molecule has 0 saturated carbocycles. The van der Waals surface area contributed by atoms with Crippen LogP contribution in [0.3, 0.4) is 0 Å². The van der Waals surface area contributed by atoms with Gasteiger partial charge >= 0.3 is 0 Å².